The zero-order chi connectivity index (χ0) is 14.3. The van der Waals surface area contributed by atoms with Crippen molar-refractivity contribution in [1.82, 2.24) is 10.2 Å². The zero-order valence-corrected chi connectivity index (χ0v) is 13.0. The summed E-state index contributed by atoms with van der Waals surface area (Å²) in [5, 5.41) is 3.45. The van der Waals surface area contributed by atoms with Crippen LogP contribution in [-0.2, 0) is 11.3 Å². The lowest BCUT2D eigenvalue weighted by atomic mass is 9.96. The molecule has 0 aliphatic carbocycles. The summed E-state index contributed by atoms with van der Waals surface area (Å²) in [4.78, 5) is 2.65. The Balaban J connectivity index is 1.35. The predicted octanol–water partition coefficient (Wildman–Crippen LogP) is 2.67. The van der Waals surface area contributed by atoms with E-state index >= 15 is 0 Å². The number of rotatable bonds is 5. The Morgan fingerprint density at radius 3 is 2.43 bits per heavy atom. The van der Waals surface area contributed by atoms with E-state index in [0.29, 0.717) is 6.10 Å². The van der Waals surface area contributed by atoms with Gasteiger partial charge in [-0.3, -0.25) is 0 Å². The van der Waals surface area contributed by atoms with Crippen LogP contribution < -0.4 is 5.32 Å². The molecule has 0 amide bonds. The molecule has 1 N–H and O–H groups in total. The summed E-state index contributed by atoms with van der Waals surface area (Å²) in [6.45, 7) is 6.91. The standard InChI is InChI=1S/C18H28N2O/c1-2-4-17(5-3-1)15-21-18-8-12-20(13-9-18)14-16-6-10-19-11-7-16/h1-5,16,18-19H,6-15H2. The van der Waals surface area contributed by atoms with E-state index in [1.54, 1.807) is 0 Å². The first kappa shape index (κ1) is 15.0. The molecule has 0 saturated carbocycles. The Labute approximate surface area is 128 Å². The number of benzene rings is 1. The van der Waals surface area contributed by atoms with Crippen molar-refractivity contribution in [3.05, 3.63) is 35.9 Å². The minimum absolute atomic E-state index is 0.453. The van der Waals surface area contributed by atoms with Crippen LogP contribution in [0.4, 0.5) is 0 Å². The SMILES string of the molecule is c1ccc(COC2CCN(CC3CCNCC3)CC2)cc1. The Bertz CT molecular complexity index is 395. The lowest BCUT2D eigenvalue weighted by molar-refractivity contribution is -0.00579. The molecule has 0 unspecified atom stereocenters. The van der Waals surface area contributed by atoms with Crippen molar-refractivity contribution in [1.29, 1.82) is 0 Å². The molecule has 1 aromatic rings. The van der Waals surface area contributed by atoms with Gasteiger partial charge in [-0.2, -0.15) is 0 Å². The van der Waals surface area contributed by atoms with Crippen LogP contribution in [0.25, 0.3) is 0 Å². The molecule has 3 rings (SSSR count). The third-order valence-electron chi connectivity index (χ3n) is 4.84. The second-order valence-corrected chi connectivity index (χ2v) is 6.49. The lowest BCUT2D eigenvalue weighted by Crippen LogP contribution is -2.41. The van der Waals surface area contributed by atoms with Gasteiger partial charge in [0.15, 0.2) is 0 Å². The van der Waals surface area contributed by atoms with E-state index in [-0.39, 0.29) is 0 Å². The molecule has 2 aliphatic heterocycles. The van der Waals surface area contributed by atoms with Crippen LogP contribution in [0.15, 0.2) is 30.3 Å². The van der Waals surface area contributed by atoms with Gasteiger partial charge in [-0.15, -0.1) is 0 Å². The van der Waals surface area contributed by atoms with Gasteiger partial charge < -0.3 is 15.0 Å². The average Bonchev–Trinajstić information content (AvgIpc) is 2.56. The van der Waals surface area contributed by atoms with E-state index in [9.17, 15) is 0 Å². The number of piperidine rings is 2. The fourth-order valence-corrected chi connectivity index (χ4v) is 3.48. The third-order valence-corrected chi connectivity index (χ3v) is 4.84. The van der Waals surface area contributed by atoms with Crippen molar-refractivity contribution in [3.63, 3.8) is 0 Å². The van der Waals surface area contributed by atoms with Gasteiger partial charge in [-0.25, -0.2) is 0 Å². The maximum atomic E-state index is 6.07. The molecular weight excluding hydrogens is 260 g/mol. The van der Waals surface area contributed by atoms with Crippen molar-refractivity contribution in [3.8, 4) is 0 Å². The summed E-state index contributed by atoms with van der Waals surface area (Å²) in [5.74, 6) is 0.910. The van der Waals surface area contributed by atoms with Gasteiger partial charge in [0.1, 0.15) is 0 Å². The quantitative estimate of drug-likeness (QED) is 0.901. The van der Waals surface area contributed by atoms with Gasteiger partial charge in [0.05, 0.1) is 12.7 Å². The summed E-state index contributed by atoms with van der Waals surface area (Å²) >= 11 is 0. The smallest absolute Gasteiger partial charge is 0.0720 e. The minimum Gasteiger partial charge on any atom is -0.373 e. The minimum atomic E-state index is 0.453. The molecular formula is C18H28N2O. The highest BCUT2D eigenvalue weighted by Gasteiger charge is 2.22. The number of nitrogens with zero attached hydrogens (tertiary/aromatic N) is 1. The number of hydrogen-bond donors (Lipinski definition) is 1. The maximum absolute atomic E-state index is 6.07. The topological polar surface area (TPSA) is 24.5 Å². The third kappa shape index (κ3) is 4.80. The van der Waals surface area contributed by atoms with Crippen molar-refractivity contribution < 1.29 is 4.74 Å². The first-order valence-electron chi connectivity index (χ1n) is 8.49. The van der Waals surface area contributed by atoms with E-state index in [4.69, 9.17) is 4.74 Å². The fraction of sp³-hybridized carbons (Fsp3) is 0.667. The van der Waals surface area contributed by atoms with Crippen molar-refractivity contribution in [2.45, 2.75) is 38.4 Å². The first-order chi connectivity index (χ1) is 10.4. The second kappa shape index (κ2) is 7.92. The normalized spacial score (nSPS) is 22.5. The molecule has 1 aromatic carbocycles. The second-order valence-electron chi connectivity index (χ2n) is 6.49. The Morgan fingerprint density at radius 1 is 1.00 bits per heavy atom. The predicted molar refractivity (Wildman–Crippen MR) is 86.3 cm³/mol. The zero-order valence-electron chi connectivity index (χ0n) is 13.0. The van der Waals surface area contributed by atoms with Gasteiger partial charge in [-0.05, 0) is 50.3 Å². The number of ether oxygens (including phenoxy) is 1. The van der Waals surface area contributed by atoms with E-state index in [1.165, 1.54) is 64.0 Å². The van der Waals surface area contributed by atoms with Crippen molar-refractivity contribution in [2.24, 2.45) is 5.92 Å². The van der Waals surface area contributed by atoms with Gasteiger partial charge in [0.2, 0.25) is 0 Å². The van der Waals surface area contributed by atoms with Crippen LogP contribution in [0.3, 0.4) is 0 Å². The molecule has 0 radical (unpaired) electrons. The number of nitrogens with one attached hydrogen (secondary N) is 1. The largest absolute Gasteiger partial charge is 0.373 e. The highest BCUT2D eigenvalue weighted by molar-refractivity contribution is 5.13. The monoisotopic (exact) mass is 288 g/mol. The summed E-state index contributed by atoms with van der Waals surface area (Å²) in [5.41, 5.74) is 1.29. The van der Waals surface area contributed by atoms with Crippen LogP contribution in [0.2, 0.25) is 0 Å². The van der Waals surface area contributed by atoms with E-state index in [1.807, 2.05) is 0 Å². The highest BCUT2D eigenvalue weighted by Crippen LogP contribution is 2.19. The number of likely N-dealkylation sites (tertiary alicyclic amines) is 1. The van der Waals surface area contributed by atoms with Gasteiger partial charge >= 0.3 is 0 Å². The lowest BCUT2D eigenvalue weighted by Gasteiger charge is -2.35. The average molecular weight is 288 g/mol. The van der Waals surface area contributed by atoms with Crippen LogP contribution in [0, 0.1) is 5.92 Å². The van der Waals surface area contributed by atoms with E-state index in [0.717, 1.165) is 12.5 Å². The molecule has 21 heavy (non-hydrogen) atoms. The van der Waals surface area contributed by atoms with Crippen LogP contribution >= 0.6 is 0 Å². The molecule has 0 aromatic heterocycles. The Morgan fingerprint density at radius 2 is 1.71 bits per heavy atom. The van der Waals surface area contributed by atoms with Gasteiger partial charge in [0.25, 0.3) is 0 Å². The fourth-order valence-electron chi connectivity index (χ4n) is 3.48. The maximum Gasteiger partial charge on any atom is 0.0720 e. The van der Waals surface area contributed by atoms with Gasteiger partial charge in [-0.1, -0.05) is 30.3 Å². The molecule has 0 atom stereocenters. The van der Waals surface area contributed by atoms with Crippen molar-refractivity contribution >= 4 is 0 Å². The molecule has 2 heterocycles. The van der Waals surface area contributed by atoms with E-state index in [2.05, 4.69) is 40.5 Å². The van der Waals surface area contributed by atoms with Crippen LogP contribution in [0.5, 0.6) is 0 Å². The molecule has 2 fully saturated rings. The Kier molecular flexibility index (Phi) is 5.67. The molecule has 0 spiro atoms. The molecule has 3 heteroatoms. The molecule has 0 bridgehead atoms. The molecule has 116 valence electrons. The first-order valence-corrected chi connectivity index (χ1v) is 8.49. The summed E-state index contributed by atoms with van der Waals surface area (Å²) in [6, 6.07) is 10.5. The molecule has 2 aliphatic rings. The summed E-state index contributed by atoms with van der Waals surface area (Å²) < 4.78 is 6.07. The van der Waals surface area contributed by atoms with E-state index < -0.39 is 0 Å². The summed E-state index contributed by atoms with van der Waals surface area (Å²) in [7, 11) is 0. The number of hydrogen-bond acceptors (Lipinski definition) is 3. The molecule has 3 nitrogen and oxygen atoms in total. The highest BCUT2D eigenvalue weighted by atomic mass is 16.5. The van der Waals surface area contributed by atoms with Gasteiger partial charge in [0, 0.05) is 19.6 Å². The van der Waals surface area contributed by atoms with Crippen molar-refractivity contribution in [2.75, 3.05) is 32.7 Å². The van der Waals surface area contributed by atoms with Crippen LogP contribution in [-0.4, -0.2) is 43.7 Å². The molecule has 2 saturated heterocycles. The Hall–Kier alpha value is -0.900. The van der Waals surface area contributed by atoms with Crippen LogP contribution in [0.1, 0.15) is 31.2 Å². The summed E-state index contributed by atoms with van der Waals surface area (Å²) in [6.07, 6.45) is 5.54.